The van der Waals surface area contributed by atoms with Crippen LogP contribution in [0, 0.1) is 11.3 Å². The third kappa shape index (κ3) is 0.799. The lowest BCUT2D eigenvalue weighted by molar-refractivity contribution is -0.114. The first-order valence-corrected chi connectivity index (χ1v) is 4.33. The molecular formula is C9H14O. The van der Waals surface area contributed by atoms with Gasteiger partial charge in [0.15, 0.2) is 0 Å². The summed E-state index contributed by atoms with van der Waals surface area (Å²) in [5.74, 6) is 0.432. The largest absolute Gasteiger partial charge is 0.303 e. The van der Waals surface area contributed by atoms with Gasteiger partial charge in [0.1, 0.15) is 6.29 Å². The second-order valence-corrected chi connectivity index (χ2v) is 3.85. The SMILES string of the molecule is O=CC1CCCCC12CC2. The van der Waals surface area contributed by atoms with Crippen LogP contribution >= 0.6 is 0 Å². The third-order valence-electron chi connectivity index (χ3n) is 3.28. The van der Waals surface area contributed by atoms with Crippen molar-refractivity contribution < 1.29 is 4.79 Å². The summed E-state index contributed by atoms with van der Waals surface area (Å²) in [4.78, 5) is 10.6. The summed E-state index contributed by atoms with van der Waals surface area (Å²) in [5.41, 5.74) is 0.528. The van der Waals surface area contributed by atoms with Gasteiger partial charge in [0, 0.05) is 5.92 Å². The molecule has 1 spiro atoms. The molecule has 1 unspecified atom stereocenters. The Labute approximate surface area is 61.8 Å². The highest BCUT2D eigenvalue weighted by atomic mass is 16.1. The molecule has 2 aliphatic carbocycles. The van der Waals surface area contributed by atoms with Crippen molar-refractivity contribution in [2.45, 2.75) is 38.5 Å². The van der Waals surface area contributed by atoms with Crippen LogP contribution in [0.1, 0.15) is 38.5 Å². The van der Waals surface area contributed by atoms with Gasteiger partial charge in [-0.15, -0.1) is 0 Å². The smallest absolute Gasteiger partial charge is 0.123 e. The molecule has 0 saturated heterocycles. The fraction of sp³-hybridized carbons (Fsp3) is 0.889. The van der Waals surface area contributed by atoms with Crippen molar-refractivity contribution in [2.24, 2.45) is 11.3 Å². The molecule has 0 amide bonds. The Bertz CT molecular complexity index is 147. The van der Waals surface area contributed by atoms with Gasteiger partial charge in [0.2, 0.25) is 0 Å². The summed E-state index contributed by atoms with van der Waals surface area (Å²) < 4.78 is 0. The molecule has 0 radical (unpaired) electrons. The molecule has 2 saturated carbocycles. The molecule has 0 bridgehead atoms. The van der Waals surface area contributed by atoms with Gasteiger partial charge in [-0.3, -0.25) is 0 Å². The van der Waals surface area contributed by atoms with E-state index in [0.717, 1.165) is 0 Å². The molecule has 2 rings (SSSR count). The highest BCUT2D eigenvalue weighted by molar-refractivity contribution is 5.56. The first-order chi connectivity index (χ1) is 4.87. The van der Waals surface area contributed by atoms with Crippen LogP contribution in [0.4, 0.5) is 0 Å². The minimum atomic E-state index is 0.432. The standard InChI is InChI=1S/C9H14O/c10-7-8-3-1-2-4-9(8)5-6-9/h7-8H,1-6H2. The Morgan fingerprint density at radius 1 is 1.20 bits per heavy atom. The molecule has 0 aliphatic heterocycles. The predicted molar refractivity (Wildman–Crippen MR) is 39.7 cm³/mol. The van der Waals surface area contributed by atoms with E-state index in [9.17, 15) is 4.79 Å². The number of rotatable bonds is 1. The highest BCUT2D eigenvalue weighted by Gasteiger charge is 2.49. The molecule has 0 N–H and O–H groups in total. The maximum atomic E-state index is 10.6. The Kier molecular flexibility index (Phi) is 1.33. The molecule has 0 aromatic carbocycles. The van der Waals surface area contributed by atoms with Gasteiger partial charge in [0.25, 0.3) is 0 Å². The summed E-state index contributed by atoms with van der Waals surface area (Å²) in [5, 5.41) is 0. The lowest BCUT2D eigenvalue weighted by atomic mass is 9.77. The van der Waals surface area contributed by atoms with Crippen LogP contribution in [-0.2, 0) is 4.79 Å². The zero-order valence-corrected chi connectivity index (χ0v) is 6.31. The van der Waals surface area contributed by atoms with Gasteiger partial charge in [-0.1, -0.05) is 12.8 Å². The van der Waals surface area contributed by atoms with E-state index in [1.54, 1.807) is 0 Å². The van der Waals surface area contributed by atoms with E-state index in [2.05, 4.69) is 0 Å². The van der Waals surface area contributed by atoms with Crippen LogP contribution in [0.2, 0.25) is 0 Å². The van der Waals surface area contributed by atoms with E-state index < -0.39 is 0 Å². The van der Waals surface area contributed by atoms with E-state index in [-0.39, 0.29) is 0 Å². The van der Waals surface area contributed by atoms with E-state index in [1.807, 2.05) is 0 Å². The Morgan fingerprint density at radius 3 is 2.50 bits per heavy atom. The molecule has 2 fully saturated rings. The summed E-state index contributed by atoms with van der Waals surface area (Å²) in [6, 6.07) is 0. The Hall–Kier alpha value is -0.330. The number of aldehydes is 1. The van der Waals surface area contributed by atoms with Gasteiger partial charge < -0.3 is 4.79 Å². The molecular weight excluding hydrogens is 124 g/mol. The molecule has 0 heterocycles. The van der Waals surface area contributed by atoms with Crippen molar-refractivity contribution in [1.82, 2.24) is 0 Å². The van der Waals surface area contributed by atoms with Crippen molar-refractivity contribution in [3.05, 3.63) is 0 Å². The lowest BCUT2D eigenvalue weighted by Crippen LogP contribution is -2.21. The summed E-state index contributed by atoms with van der Waals surface area (Å²) in [6.45, 7) is 0. The van der Waals surface area contributed by atoms with Gasteiger partial charge in [-0.05, 0) is 31.1 Å². The van der Waals surface area contributed by atoms with Crippen LogP contribution < -0.4 is 0 Å². The van der Waals surface area contributed by atoms with Crippen LogP contribution in [0.5, 0.6) is 0 Å². The van der Waals surface area contributed by atoms with E-state index >= 15 is 0 Å². The normalized spacial score (nSPS) is 35.8. The zero-order chi connectivity index (χ0) is 7.03. The Balaban J connectivity index is 2.07. The molecule has 2 aliphatic rings. The average Bonchev–Trinajstić information content (AvgIpc) is 2.71. The monoisotopic (exact) mass is 138 g/mol. The van der Waals surface area contributed by atoms with Crippen molar-refractivity contribution in [3.63, 3.8) is 0 Å². The van der Waals surface area contributed by atoms with Crippen LogP contribution in [0.25, 0.3) is 0 Å². The van der Waals surface area contributed by atoms with Gasteiger partial charge in [-0.25, -0.2) is 0 Å². The number of hydrogen-bond donors (Lipinski definition) is 0. The summed E-state index contributed by atoms with van der Waals surface area (Å²) in [6.07, 6.45) is 9.01. The molecule has 56 valence electrons. The van der Waals surface area contributed by atoms with Crippen LogP contribution in [-0.4, -0.2) is 6.29 Å². The predicted octanol–water partition coefficient (Wildman–Crippen LogP) is 2.16. The topological polar surface area (TPSA) is 17.1 Å². The fourth-order valence-electron chi connectivity index (χ4n) is 2.33. The molecule has 0 aromatic rings. The minimum absolute atomic E-state index is 0.432. The molecule has 0 aromatic heterocycles. The second-order valence-electron chi connectivity index (χ2n) is 3.85. The van der Waals surface area contributed by atoms with E-state index in [4.69, 9.17) is 0 Å². The molecule has 1 nitrogen and oxygen atoms in total. The maximum Gasteiger partial charge on any atom is 0.123 e. The van der Waals surface area contributed by atoms with Crippen molar-refractivity contribution in [2.75, 3.05) is 0 Å². The summed E-state index contributed by atoms with van der Waals surface area (Å²) in [7, 11) is 0. The maximum absolute atomic E-state index is 10.6. The first kappa shape index (κ1) is 6.38. The highest BCUT2D eigenvalue weighted by Crippen LogP contribution is 2.58. The Morgan fingerprint density at radius 2 is 2.00 bits per heavy atom. The first-order valence-electron chi connectivity index (χ1n) is 4.33. The van der Waals surface area contributed by atoms with E-state index in [1.165, 1.54) is 44.8 Å². The molecule has 1 heteroatoms. The quantitative estimate of drug-likeness (QED) is 0.507. The number of carbonyl (C=O) groups is 1. The number of carbonyl (C=O) groups excluding carboxylic acids is 1. The van der Waals surface area contributed by atoms with Crippen molar-refractivity contribution in [3.8, 4) is 0 Å². The summed E-state index contributed by atoms with van der Waals surface area (Å²) >= 11 is 0. The second kappa shape index (κ2) is 2.08. The average molecular weight is 138 g/mol. The van der Waals surface area contributed by atoms with Crippen molar-refractivity contribution in [1.29, 1.82) is 0 Å². The molecule has 1 atom stereocenters. The van der Waals surface area contributed by atoms with Gasteiger partial charge in [-0.2, -0.15) is 0 Å². The third-order valence-corrected chi connectivity index (χ3v) is 3.28. The fourth-order valence-corrected chi connectivity index (χ4v) is 2.33. The minimum Gasteiger partial charge on any atom is -0.303 e. The van der Waals surface area contributed by atoms with Gasteiger partial charge in [0.05, 0.1) is 0 Å². The van der Waals surface area contributed by atoms with Gasteiger partial charge >= 0.3 is 0 Å². The molecule has 10 heavy (non-hydrogen) atoms. The van der Waals surface area contributed by atoms with Crippen LogP contribution in [0.3, 0.4) is 0 Å². The lowest BCUT2D eigenvalue weighted by Gasteiger charge is -2.26. The zero-order valence-electron chi connectivity index (χ0n) is 6.31. The number of hydrogen-bond acceptors (Lipinski definition) is 1. The van der Waals surface area contributed by atoms with Crippen molar-refractivity contribution >= 4 is 6.29 Å². The van der Waals surface area contributed by atoms with Crippen LogP contribution in [0.15, 0.2) is 0 Å². The van der Waals surface area contributed by atoms with E-state index in [0.29, 0.717) is 11.3 Å².